The van der Waals surface area contributed by atoms with Crippen LogP contribution >= 0.6 is 0 Å². The van der Waals surface area contributed by atoms with E-state index < -0.39 is 18.8 Å². The lowest BCUT2D eigenvalue weighted by Crippen LogP contribution is -2.50. The first-order valence-electron chi connectivity index (χ1n) is 10.8. The van der Waals surface area contributed by atoms with Crippen molar-refractivity contribution in [2.24, 2.45) is 0 Å². The van der Waals surface area contributed by atoms with E-state index in [0.29, 0.717) is 18.4 Å². The molecule has 1 aliphatic carbocycles. The summed E-state index contributed by atoms with van der Waals surface area (Å²) < 4.78 is 39.4. The summed E-state index contributed by atoms with van der Waals surface area (Å²) in [6, 6.07) is -0.561. The molecule has 2 aromatic rings. The highest BCUT2D eigenvalue weighted by Gasteiger charge is 2.41. The van der Waals surface area contributed by atoms with Gasteiger partial charge in [0.1, 0.15) is 6.54 Å². The number of amides is 2. The highest BCUT2D eigenvalue weighted by atomic mass is 19.4. The van der Waals surface area contributed by atoms with Gasteiger partial charge in [-0.05, 0) is 50.2 Å². The van der Waals surface area contributed by atoms with Gasteiger partial charge in [-0.2, -0.15) is 18.3 Å². The maximum atomic E-state index is 12.5. The fourth-order valence-electron chi connectivity index (χ4n) is 4.49. The number of halogens is 3. The van der Waals surface area contributed by atoms with E-state index in [0.717, 1.165) is 48.2 Å². The summed E-state index contributed by atoms with van der Waals surface area (Å²) in [6.45, 7) is 0.602. The van der Waals surface area contributed by atoms with Crippen molar-refractivity contribution in [3.05, 3.63) is 35.9 Å². The number of hydrogen-bond donors (Lipinski definition) is 2. The van der Waals surface area contributed by atoms with Crippen molar-refractivity contribution in [3.63, 3.8) is 0 Å². The standard InChI is InChI=1S/C21H24F3N7O/c1-12-8-25-19(28-14-9-27-30(10-14)15-2-3-15)29-18(12)13-6-16-4-5-17(7-13)31(16)20(32)26-11-21(22,23)24/h6,8-10,15-17H,2-5,7,11H2,1H3,(H,26,32)(H,25,28,29). The molecule has 2 amide bonds. The number of rotatable bonds is 5. The number of aryl methyl sites for hydroxylation is 1. The van der Waals surface area contributed by atoms with Gasteiger partial charge in [0.15, 0.2) is 0 Å². The lowest BCUT2D eigenvalue weighted by Gasteiger charge is -2.34. The van der Waals surface area contributed by atoms with Crippen LogP contribution in [0.25, 0.3) is 5.57 Å². The second-order valence-electron chi connectivity index (χ2n) is 8.67. The van der Waals surface area contributed by atoms with Crippen LogP contribution < -0.4 is 10.6 Å². The molecule has 2 atom stereocenters. The maximum Gasteiger partial charge on any atom is 0.405 e. The van der Waals surface area contributed by atoms with Gasteiger partial charge in [0.05, 0.1) is 29.7 Å². The number of hydrogen-bond acceptors (Lipinski definition) is 5. The molecular formula is C21H24F3N7O. The van der Waals surface area contributed by atoms with Crippen LogP contribution in [0.15, 0.2) is 24.7 Å². The van der Waals surface area contributed by atoms with Crippen molar-refractivity contribution in [1.82, 2.24) is 30.0 Å². The second-order valence-corrected chi connectivity index (χ2v) is 8.67. The van der Waals surface area contributed by atoms with Gasteiger partial charge in [0.2, 0.25) is 5.95 Å². The molecule has 4 heterocycles. The molecular weight excluding hydrogens is 423 g/mol. The third-order valence-electron chi connectivity index (χ3n) is 6.12. The Morgan fingerprint density at radius 3 is 2.69 bits per heavy atom. The molecule has 0 radical (unpaired) electrons. The lowest BCUT2D eigenvalue weighted by atomic mass is 9.96. The third-order valence-corrected chi connectivity index (χ3v) is 6.12. The molecule has 2 bridgehead atoms. The van der Waals surface area contributed by atoms with Crippen LogP contribution in [-0.2, 0) is 0 Å². The summed E-state index contributed by atoms with van der Waals surface area (Å²) in [7, 11) is 0. The number of urea groups is 1. The molecule has 2 unspecified atom stereocenters. The summed E-state index contributed by atoms with van der Waals surface area (Å²) >= 11 is 0. The van der Waals surface area contributed by atoms with Crippen molar-refractivity contribution in [2.45, 2.75) is 63.3 Å². The van der Waals surface area contributed by atoms with E-state index in [9.17, 15) is 18.0 Å². The zero-order chi connectivity index (χ0) is 22.5. The van der Waals surface area contributed by atoms with Gasteiger partial charge in [-0.15, -0.1) is 0 Å². The van der Waals surface area contributed by atoms with E-state index >= 15 is 0 Å². The Bertz CT molecular complexity index is 1060. The van der Waals surface area contributed by atoms with Gasteiger partial charge >= 0.3 is 12.2 Å². The van der Waals surface area contributed by atoms with Crippen molar-refractivity contribution in [3.8, 4) is 0 Å². The van der Waals surface area contributed by atoms with E-state index in [1.54, 1.807) is 12.4 Å². The van der Waals surface area contributed by atoms with Crippen LogP contribution in [0, 0.1) is 6.92 Å². The van der Waals surface area contributed by atoms with Crippen LogP contribution in [0.4, 0.5) is 29.6 Å². The number of carbonyl (C=O) groups excluding carboxylic acids is 1. The number of aromatic nitrogens is 4. The van der Waals surface area contributed by atoms with Crippen molar-refractivity contribution >= 4 is 23.2 Å². The monoisotopic (exact) mass is 447 g/mol. The molecule has 2 fully saturated rings. The fourth-order valence-corrected chi connectivity index (χ4v) is 4.49. The number of nitrogens with zero attached hydrogens (tertiary/aromatic N) is 5. The van der Waals surface area contributed by atoms with Gasteiger partial charge in [0, 0.05) is 18.4 Å². The van der Waals surface area contributed by atoms with Gasteiger partial charge < -0.3 is 15.5 Å². The van der Waals surface area contributed by atoms with Crippen molar-refractivity contribution in [1.29, 1.82) is 0 Å². The first-order chi connectivity index (χ1) is 15.3. The fraction of sp³-hybridized carbons (Fsp3) is 0.524. The zero-order valence-corrected chi connectivity index (χ0v) is 17.6. The molecule has 1 saturated carbocycles. The highest BCUT2D eigenvalue weighted by Crippen LogP contribution is 2.39. The van der Waals surface area contributed by atoms with E-state index in [-0.39, 0.29) is 12.1 Å². The smallest absolute Gasteiger partial charge is 0.329 e. The van der Waals surface area contributed by atoms with Gasteiger partial charge in [-0.1, -0.05) is 6.08 Å². The van der Waals surface area contributed by atoms with Gasteiger partial charge in [-0.25, -0.2) is 14.8 Å². The SMILES string of the molecule is Cc1cnc(Nc2cnn(C3CC3)c2)nc1C1=CC2CCC(C1)N2C(=O)NCC(F)(F)F. The molecule has 5 rings (SSSR count). The third kappa shape index (κ3) is 4.28. The van der Waals surface area contributed by atoms with E-state index in [1.165, 1.54) is 4.90 Å². The number of fused-ring (bicyclic) bond motifs is 2. The van der Waals surface area contributed by atoms with Crippen LogP contribution in [0.5, 0.6) is 0 Å². The Balaban J connectivity index is 1.32. The van der Waals surface area contributed by atoms with Crippen LogP contribution in [0.1, 0.15) is 49.4 Å². The normalized spacial score (nSPS) is 22.6. The first kappa shape index (κ1) is 20.8. The van der Waals surface area contributed by atoms with Crippen LogP contribution in [0.3, 0.4) is 0 Å². The predicted octanol–water partition coefficient (Wildman–Crippen LogP) is 3.95. The van der Waals surface area contributed by atoms with E-state index in [4.69, 9.17) is 4.98 Å². The molecule has 2 N–H and O–H groups in total. The van der Waals surface area contributed by atoms with Crippen LogP contribution in [-0.4, -0.2) is 55.5 Å². The minimum Gasteiger partial charge on any atom is -0.329 e. The average Bonchev–Trinajstić information content (AvgIpc) is 3.43. The first-order valence-corrected chi connectivity index (χ1v) is 10.8. The molecule has 32 heavy (non-hydrogen) atoms. The quantitative estimate of drug-likeness (QED) is 0.725. The molecule has 8 nitrogen and oxygen atoms in total. The Morgan fingerprint density at radius 2 is 1.97 bits per heavy atom. The highest BCUT2D eigenvalue weighted by molar-refractivity contribution is 5.79. The summed E-state index contributed by atoms with van der Waals surface area (Å²) in [6.07, 6.45) is 7.29. The summed E-state index contributed by atoms with van der Waals surface area (Å²) in [5.41, 5.74) is 3.51. The molecule has 0 aromatic carbocycles. The molecule has 1 saturated heterocycles. The number of alkyl halides is 3. The summed E-state index contributed by atoms with van der Waals surface area (Å²) in [5, 5.41) is 9.56. The summed E-state index contributed by atoms with van der Waals surface area (Å²) in [4.78, 5) is 23.0. The number of anilines is 2. The van der Waals surface area contributed by atoms with E-state index in [1.807, 2.05) is 29.2 Å². The van der Waals surface area contributed by atoms with Gasteiger partial charge in [-0.3, -0.25) is 4.68 Å². The largest absolute Gasteiger partial charge is 0.405 e. The second kappa shape index (κ2) is 7.79. The lowest BCUT2D eigenvalue weighted by molar-refractivity contribution is -0.123. The molecule has 2 aromatic heterocycles. The minimum atomic E-state index is -4.43. The Kier molecular flexibility index (Phi) is 5.06. The van der Waals surface area contributed by atoms with Crippen molar-refractivity contribution in [2.75, 3.05) is 11.9 Å². The predicted molar refractivity (Wildman–Crippen MR) is 111 cm³/mol. The molecule has 11 heteroatoms. The van der Waals surface area contributed by atoms with Crippen LogP contribution in [0.2, 0.25) is 0 Å². The van der Waals surface area contributed by atoms with E-state index in [2.05, 4.69) is 15.4 Å². The molecule has 0 spiro atoms. The average molecular weight is 447 g/mol. The van der Waals surface area contributed by atoms with Gasteiger partial charge in [0.25, 0.3) is 0 Å². The Hall–Kier alpha value is -3.11. The Morgan fingerprint density at radius 1 is 1.19 bits per heavy atom. The Labute approximate surface area is 182 Å². The summed E-state index contributed by atoms with van der Waals surface area (Å²) in [5.74, 6) is 0.458. The molecule has 2 aliphatic heterocycles. The number of nitrogens with one attached hydrogen (secondary N) is 2. The maximum absolute atomic E-state index is 12.5. The topological polar surface area (TPSA) is 88.0 Å². The van der Waals surface area contributed by atoms with Crippen molar-refractivity contribution < 1.29 is 18.0 Å². The zero-order valence-electron chi connectivity index (χ0n) is 17.6. The molecule has 170 valence electrons. The molecule has 3 aliphatic rings. The number of carbonyl (C=O) groups is 1. The minimum absolute atomic E-state index is 0.143.